The van der Waals surface area contributed by atoms with E-state index in [-0.39, 0.29) is 62.1 Å². The van der Waals surface area contributed by atoms with E-state index in [4.69, 9.17) is 4.74 Å². The minimum Gasteiger partial charge on any atom is -0.748 e. The van der Waals surface area contributed by atoms with Crippen molar-refractivity contribution >= 4 is 16.2 Å². The average Bonchev–Trinajstić information content (AvgIpc) is 2.45. The third-order valence-corrected chi connectivity index (χ3v) is 4.60. The largest absolute Gasteiger partial charge is 1.00 e. The van der Waals surface area contributed by atoms with E-state index in [2.05, 4.69) is 0 Å². The van der Waals surface area contributed by atoms with Crippen LogP contribution >= 0.6 is 0 Å². The number of carbonyl (C=O) groups is 1. The number of hydrogen-bond donors (Lipinski definition) is 0. The number of piperidine rings is 1. The van der Waals surface area contributed by atoms with Crippen molar-refractivity contribution in [2.24, 2.45) is 0 Å². The summed E-state index contributed by atoms with van der Waals surface area (Å²) in [5.41, 5.74) is 0.887. The van der Waals surface area contributed by atoms with Crippen LogP contribution in [-0.2, 0) is 21.5 Å². The molecule has 8 heteroatoms. The second-order valence-corrected chi connectivity index (χ2v) is 6.37. The van der Waals surface area contributed by atoms with Crippen LogP contribution in [0.15, 0.2) is 30.3 Å². The van der Waals surface area contributed by atoms with Gasteiger partial charge in [0.1, 0.15) is 6.61 Å². The molecule has 0 bridgehead atoms. The second kappa shape index (κ2) is 8.14. The fraction of sp³-hybridized carbons (Fsp3) is 0.462. The molecule has 0 spiro atoms. The molecule has 0 saturated carbocycles. The van der Waals surface area contributed by atoms with Crippen LogP contribution < -0.4 is 29.6 Å². The van der Waals surface area contributed by atoms with E-state index in [9.17, 15) is 17.8 Å². The standard InChI is InChI=1S/C13H17NO5S.Na/c15-13(19-10-11-4-2-1-3-5-11)14-8-6-12(7-9-14)20(16,17)18;/h1-5,12H,6-10H2,(H,16,17,18);/q;+1/p-1. The van der Waals surface area contributed by atoms with Crippen LogP contribution in [0, 0.1) is 0 Å². The molecule has 0 aliphatic carbocycles. The molecule has 6 nitrogen and oxygen atoms in total. The van der Waals surface area contributed by atoms with Gasteiger partial charge in [0.05, 0.1) is 15.4 Å². The molecule has 1 amide bonds. The Hall–Kier alpha value is -0.600. The van der Waals surface area contributed by atoms with Gasteiger partial charge < -0.3 is 14.2 Å². The van der Waals surface area contributed by atoms with Gasteiger partial charge in [-0.15, -0.1) is 0 Å². The van der Waals surface area contributed by atoms with E-state index in [1.807, 2.05) is 30.3 Å². The Morgan fingerprint density at radius 1 is 1.24 bits per heavy atom. The first-order valence-electron chi connectivity index (χ1n) is 6.37. The third-order valence-electron chi connectivity index (χ3n) is 3.31. The molecule has 110 valence electrons. The van der Waals surface area contributed by atoms with Gasteiger partial charge in [-0.3, -0.25) is 0 Å². The molecular weight excluding hydrogens is 305 g/mol. The summed E-state index contributed by atoms with van der Waals surface area (Å²) in [6, 6.07) is 9.29. The summed E-state index contributed by atoms with van der Waals surface area (Å²) in [6.45, 7) is 0.652. The number of ether oxygens (including phenoxy) is 1. The number of hydrogen-bond acceptors (Lipinski definition) is 5. The minimum atomic E-state index is -4.26. The van der Waals surface area contributed by atoms with Crippen molar-refractivity contribution in [3.63, 3.8) is 0 Å². The Kier molecular flexibility index (Phi) is 7.15. The first kappa shape index (κ1) is 18.4. The van der Waals surface area contributed by atoms with Gasteiger partial charge in [-0.05, 0) is 18.4 Å². The van der Waals surface area contributed by atoms with E-state index in [0.29, 0.717) is 0 Å². The summed E-state index contributed by atoms with van der Waals surface area (Å²) < 4.78 is 37.8. The van der Waals surface area contributed by atoms with Crippen LogP contribution in [0.5, 0.6) is 0 Å². The number of benzene rings is 1. The molecule has 1 aliphatic heterocycles. The maximum atomic E-state index is 11.8. The predicted molar refractivity (Wildman–Crippen MR) is 70.9 cm³/mol. The van der Waals surface area contributed by atoms with E-state index in [1.165, 1.54) is 4.90 Å². The predicted octanol–water partition coefficient (Wildman–Crippen LogP) is -1.66. The van der Waals surface area contributed by atoms with E-state index in [1.54, 1.807) is 0 Å². The van der Waals surface area contributed by atoms with Crippen molar-refractivity contribution in [1.29, 1.82) is 0 Å². The zero-order valence-corrected chi connectivity index (χ0v) is 14.7. The maximum Gasteiger partial charge on any atom is 1.00 e. The fourth-order valence-electron chi connectivity index (χ4n) is 2.14. The summed E-state index contributed by atoms with van der Waals surface area (Å²) in [6.07, 6.45) is -0.131. The third kappa shape index (κ3) is 5.60. The van der Waals surface area contributed by atoms with Crippen LogP contribution in [0.4, 0.5) is 4.79 Å². The molecule has 0 radical (unpaired) electrons. The topological polar surface area (TPSA) is 86.7 Å². The molecule has 1 aliphatic rings. The fourth-order valence-corrected chi connectivity index (χ4v) is 2.93. The van der Waals surface area contributed by atoms with Crippen LogP contribution in [0.1, 0.15) is 18.4 Å². The molecule has 0 atom stereocenters. The maximum absolute atomic E-state index is 11.8. The SMILES string of the molecule is O=C(OCc1ccccc1)N1CCC(S(=O)(=O)[O-])CC1.[Na+]. The summed E-state index contributed by atoms with van der Waals surface area (Å²) >= 11 is 0. The van der Waals surface area contributed by atoms with Crippen molar-refractivity contribution < 1.29 is 52.1 Å². The van der Waals surface area contributed by atoms with Crippen molar-refractivity contribution in [2.75, 3.05) is 13.1 Å². The van der Waals surface area contributed by atoms with E-state index in [0.717, 1.165) is 5.56 Å². The summed E-state index contributed by atoms with van der Waals surface area (Å²) in [7, 11) is -4.26. The van der Waals surface area contributed by atoms with E-state index >= 15 is 0 Å². The van der Waals surface area contributed by atoms with Gasteiger partial charge in [0.15, 0.2) is 0 Å². The molecule has 1 aromatic rings. The average molecular weight is 321 g/mol. The normalized spacial score (nSPS) is 16.1. The molecule has 1 heterocycles. The minimum absolute atomic E-state index is 0. The Bertz CT molecular complexity index is 555. The number of likely N-dealkylation sites (tertiary alicyclic amines) is 1. The van der Waals surface area contributed by atoms with Gasteiger partial charge in [0.2, 0.25) is 0 Å². The van der Waals surface area contributed by atoms with Gasteiger partial charge in [0, 0.05) is 13.1 Å². The summed E-state index contributed by atoms with van der Waals surface area (Å²) in [5, 5.41) is -0.888. The van der Waals surface area contributed by atoms with E-state index < -0.39 is 21.5 Å². The zero-order chi connectivity index (χ0) is 14.6. The molecule has 0 unspecified atom stereocenters. The first-order chi connectivity index (χ1) is 9.47. The Labute approximate surface area is 146 Å². The van der Waals surface area contributed by atoms with Crippen molar-refractivity contribution in [2.45, 2.75) is 24.7 Å². The molecule has 1 fully saturated rings. The van der Waals surface area contributed by atoms with Gasteiger partial charge in [-0.1, -0.05) is 30.3 Å². The Morgan fingerprint density at radius 2 is 1.81 bits per heavy atom. The van der Waals surface area contributed by atoms with Crippen LogP contribution in [0.25, 0.3) is 0 Å². The second-order valence-electron chi connectivity index (χ2n) is 4.72. The molecular formula is C13H16NNaO5S. The number of amides is 1. The molecule has 1 aromatic carbocycles. The van der Waals surface area contributed by atoms with Crippen LogP contribution in [-0.4, -0.2) is 42.3 Å². The Morgan fingerprint density at radius 3 is 2.33 bits per heavy atom. The van der Waals surface area contributed by atoms with Gasteiger partial charge >= 0.3 is 35.7 Å². The van der Waals surface area contributed by atoms with Crippen LogP contribution in [0.3, 0.4) is 0 Å². The monoisotopic (exact) mass is 321 g/mol. The van der Waals surface area contributed by atoms with Gasteiger partial charge in [-0.2, -0.15) is 0 Å². The molecule has 0 aromatic heterocycles. The number of nitrogens with zero attached hydrogens (tertiary/aromatic N) is 1. The molecule has 2 rings (SSSR count). The van der Waals surface area contributed by atoms with Crippen molar-refractivity contribution in [1.82, 2.24) is 4.90 Å². The van der Waals surface area contributed by atoms with Crippen molar-refractivity contribution in [3.05, 3.63) is 35.9 Å². The van der Waals surface area contributed by atoms with Gasteiger partial charge in [0.25, 0.3) is 0 Å². The first-order valence-corrected chi connectivity index (χ1v) is 7.84. The number of rotatable bonds is 3. The zero-order valence-electron chi connectivity index (χ0n) is 11.9. The summed E-state index contributed by atoms with van der Waals surface area (Å²) in [5.74, 6) is 0. The van der Waals surface area contributed by atoms with Gasteiger partial charge in [-0.25, -0.2) is 13.2 Å². The smallest absolute Gasteiger partial charge is 0.748 e. The van der Waals surface area contributed by atoms with Crippen LogP contribution in [0.2, 0.25) is 0 Å². The van der Waals surface area contributed by atoms with Crippen molar-refractivity contribution in [3.8, 4) is 0 Å². The molecule has 1 saturated heterocycles. The quantitative estimate of drug-likeness (QED) is 0.491. The number of carbonyl (C=O) groups excluding carboxylic acids is 1. The summed E-state index contributed by atoms with van der Waals surface area (Å²) in [4.78, 5) is 13.2. The molecule has 21 heavy (non-hydrogen) atoms. The molecule has 0 N–H and O–H groups in total. The Balaban J connectivity index is 0.00000220.